The number of pyridine rings is 1. The van der Waals surface area contributed by atoms with Crippen LogP contribution in [0.4, 0.5) is 0 Å². The number of carbonyl (C=O) groups excluding carboxylic acids is 1. The number of aromatic nitrogens is 2. The molecule has 0 radical (unpaired) electrons. The summed E-state index contributed by atoms with van der Waals surface area (Å²) in [5.41, 5.74) is 2.86. The molecule has 3 aromatic rings. The molecule has 0 aliphatic rings. The van der Waals surface area contributed by atoms with E-state index >= 15 is 0 Å². The molecule has 0 aliphatic carbocycles. The molecule has 3 rings (SSSR count). The number of nitrogens with zero attached hydrogens (tertiary/aromatic N) is 2. The van der Waals surface area contributed by atoms with Crippen LogP contribution in [0.15, 0.2) is 51.8 Å². The molecule has 25 heavy (non-hydrogen) atoms. The molecule has 128 valence electrons. The second-order valence-electron chi connectivity index (χ2n) is 5.94. The Morgan fingerprint density at radius 3 is 2.48 bits per heavy atom. The van der Waals surface area contributed by atoms with Gasteiger partial charge in [-0.2, -0.15) is 0 Å². The van der Waals surface area contributed by atoms with Crippen molar-refractivity contribution in [2.75, 3.05) is 7.05 Å². The molecule has 1 aromatic carbocycles. The number of carbonyl (C=O) groups is 1. The van der Waals surface area contributed by atoms with E-state index in [0.717, 1.165) is 16.8 Å². The standard InChI is InChI=1S/C19H19N3O3/c1-12-16(13(2)25-21-12)11-22(3)19(24)15-9-10-17(20-18(15)23)14-7-5-4-6-8-14/h4-10H,11H2,1-3H3,(H,20,23). The Hall–Kier alpha value is -3.15. The normalized spacial score (nSPS) is 10.7. The minimum absolute atomic E-state index is 0.106. The molecule has 1 N–H and O–H groups in total. The summed E-state index contributed by atoms with van der Waals surface area (Å²) in [4.78, 5) is 29.2. The summed E-state index contributed by atoms with van der Waals surface area (Å²) < 4.78 is 5.11. The van der Waals surface area contributed by atoms with Gasteiger partial charge in [-0.1, -0.05) is 35.5 Å². The van der Waals surface area contributed by atoms with Crippen LogP contribution in [0.25, 0.3) is 11.3 Å². The van der Waals surface area contributed by atoms with Crippen molar-refractivity contribution in [1.82, 2.24) is 15.0 Å². The van der Waals surface area contributed by atoms with E-state index in [9.17, 15) is 9.59 Å². The number of rotatable bonds is 4. The first-order chi connectivity index (χ1) is 12.0. The first-order valence-electron chi connectivity index (χ1n) is 7.93. The van der Waals surface area contributed by atoms with Crippen molar-refractivity contribution in [2.24, 2.45) is 0 Å². The van der Waals surface area contributed by atoms with Crippen molar-refractivity contribution in [2.45, 2.75) is 20.4 Å². The molecule has 0 saturated carbocycles. The number of hydrogen-bond acceptors (Lipinski definition) is 4. The number of amides is 1. The van der Waals surface area contributed by atoms with E-state index in [4.69, 9.17) is 4.52 Å². The Balaban J connectivity index is 1.84. The molecule has 6 nitrogen and oxygen atoms in total. The fraction of sp³-hybridized carbons (Fsp3) is 0.211. The van der Waals surface area contributed by atoms with E-state index in [-0.39, 0.29) is 11.5 Å². The minimum Gasteiger partial charge on any atom is -0.361 e. The maximum Gasteiger partial charge on any atom is 0.261 e. The Labute approximate surface area is 145 Å². The second kappa shape index (κ2) is 6.76. The van der Waals surface area contributed by atoms with Gasteiger partial charge in [0, 0.05) is 18.3 Å². The van der Waals surface area contributed by atoms with Crippen LogP contribution >= 0.6 is 0 Å². The molecule has 1 amide bonds. The SMILES string of the molecule is Cc1noc(C)c1CN(C)C(=O)c1ccc(-c2ccccc2)[nH]c1=O. The molecule has 2 heterocycles. The van der Waals surface area contributed by atoms with Gasteiger partial charge < -0.3 is 14.4 Å². The van der Waals surface area contributed by atoms with Crippen molar-refractivity contribution >= 4 is 5.91 Å². The highest BCUT2D eigenvalue weighted by molar-refractivity contribution is 5.93. The highest BCUT2D eigenvalue weighted by atomic mass is 16.5. The van der Waals surface area contributed by atoms with Gasteiger partial charge in [-0.05, 0) is 31.5 Å². The van der Waals surface area contributed by atoms with Crippen molar-refractivity contribution in [3.8, 4) is 11.3 Å². The van der Waals surface area contributed by atoms with Crippen molar-refractivity contribution in [1.29, 1.82) is 0 Å². The van der Waals surface area contributed by atoms with Crippen LogP contribution in [0.1, 0.15) is 27.4 Å². The molecule has 6 heteroatoms. The average molecular weight is 337 g/mol. The van der Waals surface area contributed by atoms with Gasteiger partial charge in [-0.15, -0.1) is 0 Å². The molecule has 2 aromatic heterocycles. The molecule has 0 atom stereocenters. The summed E-state index contributed by atoms with van der Waals surface area (Å²) in [6.07, 6.45) is 0. The third kappa shape index (κ3) is 3.38. The van der Waals surface area contributed by atoms with Gasteiger partial charge in [-0.3, -0.25) is 9.59 Å². The summed E-state index contributed by atoms with van der Waals surface area (Å²) in [5.74, 6) is 0.325. The quantitative estimate of drug-likeness (QED) is 0.794. The second-order valence-corrected chi connectivity index (χ2v) is 5.94. The van der Waals surface area contributed by atoms with Gasteiger partial charge in [0.05, 0.1) is 12.2 Å². The third-order valence-corrected chi connectivity index (χ3v) is 4.15. The van der Waals surface area contributed by atoms with Crippen LogP contribution < -0.4 is 5.56 Å². The van der Waals surface area contributed by atoms with Crippen LogP contribution in [0.2, 0.25) is 0 Å². The van der Waals surface area contributed by atoms with Crippen LogP contribution in [-0.2, 0) is 6.54 Å². The molecule has 0 aliphatic heterocycles. The Bertz CT molecular complexity index is 938. The highest BCUT2D eigenvalue weighted by Crippen LogP contribution is 2.17. The van der Waals surface area contributed by atoms with Crippen LogP contribution in [0.5, 0.6) is 0 Å². The maximum atomic E-state index is 12.6. The first-order valence-corrected chi connectivity index (χ1v) is 7.93. The lowest BCUT2D eigenvalue weighted by Gasteiger charge is -2.16. The first kappa shape index (κ1) is 16.7. The molecule has 0 fully saturated rings. The van der Waals surface area contributed by atoms with E-state index in [1.807, 2.05) is 37.3 Å². The minimum atomic E-state index is -0.406. The zero-order valence-electron chi connectivity index (χ0n) is 14.4. The van der Waals surface area contributed by atoms with E-state index < -0.39 is 5.56 Å². The number of nitrogens with one attached hydrogen (secondary N) is 1. The van der Waals surface area contributed by atoms with E-state index in [1.54, 1.807) is 26.1 Å². The molecular formula is C19H19N3O3. The van der Waals surface area contributed by atoms with Crippen LogP contribution in [0.3, 0.4) is 0 Å². The molecule has 0 saturated heterocycles. The summed E-state index contributed by atoms with van der Waals surface area (Å²) in [6, 6.07) is 12.8. The van der Waals surface area contributed by atoms with Crippen molar-refractivity contribution < 1.29 is 9.32 Å². The maximum absolute atomic E-state index is 12.6. The summed E-state index contributed by atoms with van der Waals surface area (Å²) in [7, 11) is 1.65. The number of aryl methyl sites for hydroxylation is 2. The van der Waals surface area contributed by atoms with Gasteiger partial charge in [0.25, 0.3) is 11.5 Å². The molecular weight excluding hydrogens is 318 g/mol. The molecule has 0 unspecified atom stereocenters. The lowest BCUT2D eigenvalue weighted by Crippen LogP contribution is -2.31. The van der Waals surface area contributed by atoms with Crippen LogP contribution in [0, 0.1) is 13.8 Å². The van der Waals surface area contributed by atoms with Gasteiger partial charge >= 0.3 is 0 Å². The molecule has 0 bridgehead atoms. The highest BCUT2D eigenvalue weighted by Gasteiger charge is 2.19. The average Bonchev–Trinajstić information content (AvgIpc) is 2.93. The van der Waals surface area contributed by atoms with Crippen molar-refractivity contribution in [3.63, 3.8) is 0 Å². The number of hydrogen-bond donors (Lipinski definition) is 1. The largest absolute Gasteiger partial charge is 0.361 e. The van der Waals surface area contributed by atoms with Gasteiger partial charge in [0.2, 0.25) is 0 Å². The Kier molecular flexibility index (Phi) is 4.52. The van der Waals surface area contributed by atoms with E-state index in [2.05, 4.69) is 10.1 Å². The Morgan fingerprint density at radius 2 is 1.88 bits per heavy atom. The summed E-state index contributed by atoms with van der Waals surface area (Å²) in [5, 5.41) is 3.88. The predicted octanol–water partition coefficient (Wildman–Crippen LogP) is 2.92. The zero-order chi connectivity index (χ0) is 18.0. The topological polar surface area (TPSA) is 79.2 Å². The fourth-order valence-electron chi connectivity index (χ4n) is 2.67. The monoisotopic (exact) mass is 337 g/mol. The van der Waals surface area contributed by atoms with Gasteiger partial charge in [-0.25, -0.2) is 0 Å². The zero-order valence-corrected chi connectivity index (χ0v) is 14.4. The summed E-state index contributed by atoms with van der Waals surface area (Å²) in [6.45, 7) is 3.96. The predicted molar refractivity (Wildman–Crippen MR) is 94.3 cm³/mol. The third-order valence-electron chi connectivity index (χ3n) is 4.15. The summed E-state index contributed by atoms with van der Waals surface area (Å²) >= 11 is 0. The van der Waals surface area contributed by atoms with Crippen molar-refractivity contribution in [3.05, 3.63) is 75.4 Å². The fourth-order valence-corrected chi connectivity index (χ4v) is 2.67. The van der Waals surface area contributed by atoms with E-state index in [0.29, 0.717) is 18.0 Å². The van der Waals surface area contributed by atoms with Gasteiger partial charge in [0.1, 0.15) is 11.3 Å². The Morgan fingerprint density at radius 1 is 1.16 bits per heavy atom. The lowest BCUT2D eigenvalue weighted by molar-refractivity contribution is 0.0783. The lowest BCUT2D eigenvalue weighted by atomic mass is 10.1. The number of H-pyrrole nitrogens is 1. The van der Waals surface area contributed by atoms with Gasteiger partial charge in [0.15, 0.2) is 0 Å². The number of aromatic amines is 1. The number of benzene rings is 1. The molecule has 0 spiro atoms. The smallest absolute Gasteiger partial charge is 0.261 e. The van der Waals surface area contributed by atoms with E-state index in [1.165, 1.54) is 4.90 Å². The van der Waals surface area contributed by atoms with Crippen LogP contribution in [-0.4, -0.2) is 28.0 Å².